The van der Waals surface area contributed by atoms with Crippen molar-refractivity contribution in [2.75, 3.05) is 11.9 Å². The molecule has 0 amide bonds. The van der Waals surface area contributed by atoms with E-state index in [4.69, 9.17) is 11.6 Å². The fourth-order valence-electron chi connectivity index (χ4n) is 3.91. The van der Waals surface area contributed by atoms with Gasteiger partial charge in [0.25, 0.3) is 11.6 Å². The second-order valence-corrected chi connectivity index (χ2v) is 8.03. The summed E-state index contributed by atoms with van der Waals surface area (Å²) in [6.45, 7) is 1.14. The normalized spacial score (nSPS) is 15.4. The summed E-state index contributed by atoms with van der Waals surface area (Å²) in [4.78, 5) is 40.6. The second kappa shape index (κ2) is 9.47. The van der Waals surface area contributed by atoms with Gasteiger partial charge < -0.3 is 10.4 Å². The summed E-state index contributed by atoms with van der Waals surface area (Å²) >= 11 is 6.07. The number of anilines is 1. The zero-order chi connectivity index (χ0) is 25.2. The van der Waals surface area contributed by atoms with Gasteiger partial charge in [0.2, 0.25) is 17.0 Å². The quantitative estimate of drug-likeness (QED) is 0.307. The van der Waals surface area contributed by atoms with Crippen molar-refractivity contribution in [2.45, 2.75) is 6.54 Å². The van der Waals surface area contributed by atoms with E-state index >= 15 is 0 Å². The number of nitro benzene ring substituents is 1. The minimum absolute atomic E-state index is 0.0152. The lowest BCUT2D eigenvalue weighted by Crippen LogP contribution is -2.36. The molecule has 0 saturated heterocycles. The van der Waals surface area contributed by atoms with Gasteiger partial charge in [-0.3, -0.25) is 14.9 Å². The molecule has 0 atom stereocenters. The van der Waals surface area contributed by atoms with Crippen LogP contribution >= 0.6 is 11.6 Å². The molecule has 0 spiro atoms. The third-order valence-corrected chi connectivity index (χ3v) is 5.64. The summed E-state index contributed by atoms with van der Waals surface area (Å²) in [5.74, 6) is -1.05. The number of pyridine rings is 1. The molecule has 11 nitrogen and oxygen atoms in total. The molecule has 0 bridgehead atoms. The van der Waals surface area contributed by atoms with Gasteiger partial charge in [-0.25, -0.2) is 9.56 Å². The lowest BCUT2D eigenvalue weighted by atomic mass is 9.80. The van der Waals surface area contributed by atoms with E-state index in [-0.39, 0.29) is 45.2 Å². The minimum Gasteiger partial charge on any atom is -0.872 e. The first kappa shape index (κ1) is 23.0. The molecule has 1 aromatic carbocycles. The number of fused-ring (bicyclic) bond motifs is 2. The number of aliphatic imine (C=N–C) groups is 1. The number of ketones is 1. The number of nitrogens with one attached hydrogen (secondary N) is 1. The fraction of sp³-hybridized carbons (Fsp3) is 0.0833. The maximum atomic E-state index is 13.3. The SMILES string of the molecule is O=C1C2=CC=CC(=Nc3nc(Cl)nc(NCC[n+]4ccccc4)n3)C2=C([O-])c2cccc([N+](=O)[O-])c21. The first-order valence-electron chi connectivity index (χ1n) is 10.7. The number of nitrogens with zero attached hydrogens (tertiary/aromatic N) is 6. The van der Waals surface area contributed by atoms with Gasteiger partial charge in [-0.2, -0.15) is 15.0 Å². The highest BCUT2D eigenvalue weighted by Gasteiger charge is 2.34. The number of halogens is 1. The summed E-state index contributed by atoms with van der Waals surface area (Å²) in [6, 6.07) is 9.70. The van der Waals surface area contributed by atoms with E-state index in [9.17, 15) is 20.0 Å². The summed E-state index contributed by atoms with van der Waals surface area (Å²) in [7, 11) is 0. The summed E-state index contributed by atoms with van der Waals surface area (Å²) < 4.78 is 1.97. The maximum absolute atomic E-state index is 13.3. The summed E-state index contributed by atoms with van der Waals surface area (Å²) in [5.41, 5.74) is -0.547. The smallest absolute Gasteiger partial charge is 0.281 e. The van der Waals surface area contributed by atoms with Crippen LogP contribution < -0.4 is 15.0 Å². The van der Waals surface area contributed by atoms with Crippen LogP contribution in [0.1, 0.15) is 15.9 Å². The largest absolute Gasteiger partial charge is 0.872 e. The van der Waals surface area contributed by atoms with Crippen molar-refractivity contribution in [2.24, 2.45) is 4.99 Å². The maximum Gasteiger partial charge on any atom is 0.281 e. The predicted molar refractivity (Wildman–Crippen MR) is 129 cm³/mol. The van der Waals surface area contributed by atoms with E-state index in [0.717, 1.165) is 0 Å². The van der Waals surface area contributed by atoms with Gasteiger partial charge in [0.15, 0.2) is 18.9 Å². The van der Waals surface area contributed by atoms with Gasteiger partial charge in [0.1, 0.15) is 5.56 Å². The Kier molecular flexibility index (Phi) is 6.05. The first-order chi connectivity index (χ1) is 17.4. The third kappa shape index (κ3) is 4.34. The summed E-state index contributed by atoms with van der Waals surface area (Å²) in [6.07, 6.45) is 8.34. The average molecular weight is 502 g/mol. The Balaban J connectivity index is 1.49. The number of hydrogen-bond donors (Lipinski definition) is 1. The van der Waals surface area contributed by atoms with Crippen molar-refractivity contribution >= 4 is 46.4 Å². The van der Waals surface area contributed by atoms with Crippen LogP contribution in [-0.4, -0.2) is 37.9 Å². The van der Waals surface area contributed by atoms with Crippen molar-refractivity contribution in [3.63, 3.8) is 0 Å². The average Bonchev–Trinajstić information content (AvgIpc) is 2.87. The van der Waals surface area contributed by atoms with Crippen LogP contribution in [0.4, 0.5) is 17.6 Å². The number of benzene rings is 1. The molecule has 12 heteroatoms. The van der Waals surface area contributed by atoms with Crippen molar-refractivity contribution in [3.05, 3.63) is 105 Å². The van der Waals surface area contributed by atoms with Crippen LogP contribution in [0.3, 0.4) is 0 Å². The van der Waals surface area contributed by atoms with Crippen LogP contribution in [0.2, 0.25) is 5.28 Å². The molecule has 0 fully saturated rings. The monoisotopic (exact) mass is 501 g/mol. The number of aromatic nitrogens is 4. The highest BCUT2D eigenvalue weighted by Crippen LogP contribution is 2.38. The van der Waals surface area contributed by atoms with Crippen molar-refractivity contribution in [1.82, 2.24) is 15.0 Å². The Labute approximate surface area is 209 Å². The van der Waals surface area contributed by atoms with Gasteiger partial charge in [-0.05, 0) is 23.2 Å². The van der Waals surface area contributed by atoms with Gasteiger partial charge in [0, 0.05) is 29.3 Å². The Morgan fingerprint density at radius 3 is 2.69 bits per heavy atom. The topological polar surface area (TPSA) is 150 Å². The number of carbonyl (C=O) groups is 1. The Morgan fingerprint density at radius 1 is 1.11 bits per heavy atom. The van der Waals surface area contributed by atoms with E-state index < -0.39 is 22.2 Å². The van der Waals surface area contributed by atoms with Gasteiger partial charge in [-0.15, -0.1) is 0 Å². The number of allylic oxidation sites excluding steroid dienone is 5. The number of hydrogen-bond acceptors (Lipinski definition) is 9. The number of carbonyl (C=O) groups excluding carboxylic acids is 1. The molecule has 0 aliphatic heterocycles. The van der Waals surface area contributed by atoms with Crippen molar-refractivity contribution < 1.29 is 19.4 Å². The molecule has 0 unspecified atom stereocenters. The Hall–Kier alpha value is -4.77. The van der Waals surface area contributed by atoms with E-state index in [2.05, 4.69) is 25.3 Å². The van der Waals surface area contributed by atoms with Gasteiger partial charge in [-0.1, -0.05) is 36.1 Å². The molecule has 178 valence electrons. The van der Waals surface area contributed by atoms with Crippen LogP contribution in [0, 0.1) is 10.1 Å². The standard InChI is InChI=1S/C24H16ClN7O4/c25-22-28-23(26-10-13-31-11-2-1-3-12-31)30-24(29-22)27-16-8-4-6-14-18(16)20(33)15-7-5-9-17(32(35)36)19(15)21(14)34/h1-9,11-12H,10,13H2,(H-,26,27,28,29,30,33). The van der Waals surface area contributed by atoms with Crippen molar-refractivity contribution in [1.29, 1.82) is 0 Å². The molecular weight excluding hydrogens is 486 g/mol. The summed E-state index contributed by atoms with van der Waals surface area (Å²) in [5, 5.41) is 27.7. The van der Waals surface area contributed by atoms with Crippen LogP contribution in [0.15, 0.2) is 83.2 Å². The Bertz CT molecular complexity index is 1530. The Morgan fingerprint density at radius 2 is 1.92 bits per heavy atom. The lowest BCUT2D eigenvalue weighted by Gasteiger charge is -2.29. The number of rotatable bonds is 6. The molecule has 2 aliphatic carbocycles. The third-order valence-electron chi connectivity index (χ3n) is 5.47. The van der Waals surface area contributed by atoms with E-state index in [1.165, 1.54) is 36.4 Å². The minimum atomic E-state index is -0.680. The zero-order valence-corrected chi connectivity index (χ0v) is 19.2. The molecule has 0 saturated carbocycles. The molecule has 5 rings (SSSR count). The van der Waals surface area contributed by atoms with Crippen LogP contribution in [0.25, 0.3) is 5.76 Å². The molecule has 2 aromatic heterocycles. The van der Waals surface area contributed by atoms with Crippen LogP contribution in [0.5, 0.6) is 0 Å². The van der Waals surface area contributed by atoms with Crippen LogP contribution in [-0.2, 0) is 6.54 Å². The molecule has 2 aliphatic rings. The van der Waals surface area contributed by atoms with Crippen molar-refractivity contribution in [3.8, 4) is 0 Å². The fourth-order valence-corrected chi connectivity index (χ4v) is 4.06. The first-order valence-corrected chi connectivity index (χ1v) is 11.1. The van der Waals surface area contributed by atoms with Gasteiger partial charge in [0.05, 0.1) is 17.2 Å². The second-order valence-electron chi connectivity index (χ2n) is 7.69. The lowest BCUT2D eigenvalue weighted by molar-refractivity contribution is -0.694. The number of Topliss-reactive ketones (excluding diaryl/α,β-unsaturated/α-hetero) is 1. The molecule has 1 N–H and O–H groups in total. The molecule has 2 heterocycles. The molecule has 0 radical (unpaired) electrons. The number of nitro groups is 1. The van der Waals surface area contributed by atoms with Gasteiger partial charge >= 0.3 is 0 Å². The molecular formula is C24H16ClN7O4. The predicted octanol–water partition coefficient (Wildman–Crippen LogP) is 2.37. The zero-order valence-electron chi connectivity index (χ0n) is 18.5. The van der Waals surface area contributed by atoms with E-state index in [1.807, 2.05) is 35.2 Å². The van der Waals surface area contributed by atoms with E-state index in [0.29, 0.717) is 13.1 Å². The molecule has 36 heavy (non-hydrogen) atoms. The highest BCUT2D eigenvalue weighted by atomic mass is 35.5. The van der Waals surface area contributed by atoms with E-state index in [1.54, 1.807) is 0 Å². The highest BCUT2D eigenvalue weighted by molar-refractivity contribution is 6.31. The molecule has 3 aromatic rings.